The van der Waals surface area contributed by atoms with E-state index in [4.69, 9.17) is 5.73 Å². The highest BCUT2D eigenvalue weighted by atomic mass is 19.1. The number of ketones is 2. The van der Waals surface area contributed by atoms with Gasteiger partial charge in [-0.3, -0.25) is 24.1 Å². The summed E-state index contributed by atoms with van der Waals surface area (Å²) < 4.78 is 16.1. The quantitative estimate of drug-likeness (QED) is 0.262. The number of fused-ring (bicyclic) bond motifs is 4. The molecule has 4 aliphatic carbocycles. The van der Waals surface area contributed by atoms with E-state index in [0.29, 0.717) is 0 Å². The Hall–Kier alpha value is -3.81. The number of aliphatic hydroxyl groups excluding tert-OH is 2. The third kappa shape index (κ3) is 4.12. The van der Waals surface area contributed by atoms with Crippen LogP contribution in [-0.4, -0.2) is 91.9 Å². The third-order valence-corrected chi connectivity index (χ3v) is 9.98. The number of nitrogens with two attached hydrogens (primary N) is 1. The summed E-state index contributed by atoms with van der Waals surface area (Å²) in [7, 11) is 3.06. The number of rotatable bonds is 5. The number of nitrogens with zero attached hydrogens (tertiary/aromatic N) is 2. The lowest BCUT2D eigenvalue weighted by atomic mass is 9.58. The van der Waals surface area contributed by atoms with Crippen LogP contribution in [0.4, 0.5) is 4.39 Å². The van der Waals surface area contributed by atoms with E-state index >= 15 is 4.39 Å². The normalized spacial score (nSPS) is 28.8. The van der Waals surface area contributed by atoms with Crippen LogP contribution in [0.1, 0.15) is 59.2 Å². The van der Waals surface area contributed by atoms with E-state index in [1.54, 1.807) is 0 Å². The first-order chi connectivity index (χ1) is 20.3. The number of amides is 2. The first-order valence-electron chi connectivity index (χ1n) is 14.5. The highest BCUT2D eigenvalue weighted by Crippen LogP contribution is 2.53. The van der Waals surface area contributed by atoms with Gasteiger partial charge in [0.2, 0.25) is 11.7 Å². The lowest BCUT2D eigenvalue weighted by Crippen LogP contribution is -2.63. The number of phenols is 1. The standard InChI is InChI=1S/C30H35FN4O8/c1-34(2)23-17-8-12-7-14-20(25(38)19(12)27(40)30(17,43)28(41)21(26(23)39)29(32)42)24(37)16-11-35(10-15(16)22(14)31)18(36)9-33-13-5-3-4-6-13/h12-13,17,23,33,37,39-40,43H,3-11H2,1-2H3,(H2,32,42)/t12?,17?,23-,30-/m0/s1. The van der Waals surface area contributed by atoms with Gasteiger partial charge in [0.25, 0.3) is 5.91 Å². The largest absolute Gasteiger partial charge is 0.510 e. The SMILES string of the molecule is CN(C)[C@@H]1C(O)=C(C(N)=O)C(=O)[C@@]2(O)C(O)=C3C(=O)c4c(O)c5c(c(F)c4CC3CC12)CN(C(=O)CNC1CCCC1)C5. The molecule has 13 heteroatoms. The van der Waals surface area contributed by atoms with Gasteiger partial charge in [-0.05, 0) is 45.7 Å². The van der Waals surface area contributed by atoms with E-state index in [1.807, 2.05) is 0 Å². The zero-order valence-corrected chi connectivity index (χ0v) is 23.9. The number of halogens is 1. The van der Waals surface area contributed by atoms with Gasteiger partial charge in [-0.1, -0.05) is 12.8 Å². The average molecular weight is 599 g/mol. The van der Waals surface area contributed by atoms with E-state index in [1.165, 1.54) is 23.9 Å². The number of carbonyl (C=O) groups excluding carboxylic acids is 4. The summed E-state index contributed by atoms with van der Waals surface area (Å²) in [5.74, 6) is -8.89. The first-order valence-corrected chi connectivity index (χ1v) is 14.5. The van der Waals surface area contributed by atoms with Crippen molar-refractivity contribution in [3.8, 4) is 5.75 Å². The summed E-state index contributed by atoms with van der Waals surface area (Å²) in [4.78, 5) is 55.2. The van der Waals surface area contributed by atoms with Crippen molar-refractivity contribution in [1.29, 1.82) is 0 Å². The number of Topliss-reactive ketones (excluding diaryl/α,β-unsaturated/α-hetero) is 2. The maximum Gasteiger partial charge on any atom is 0.255 e. The van der Waals surface area contributed by atoms with Gasteiger partial charge in [0.05, 0.1) is 24.7 Å². The summed E-state index contributed by atoms with van der Waals surface area (Å²) in [5.41, 5.74) is 1.07. The number of likely N-dealkylation sites (N-methyl/N-ethyl adjacent to an activating group) is 1. The van der Waals surface area contributed by atoms with Crippen LogP contribution >= 0.6 is 0 Å². The molecule has 2 unspecified atom stereocenters. The van der Waals surface area contributed by atoms with Gasteiger partial charge >= 0.3 is 0 Å². The predicted octanol–water partition coefficient (Wildman–Crippen LogP) is 0.634. The molecule has 1 aliphatic heterocycles. The number of nitrogens with one attached hydrogen (secondary N) is 1. The Morgan fingerprint density at radius 3 is 2.37 bits per heavy atom. The number of allylic oxidation sites excluding steroid dienone is 1. The molecular weight excluding hydrogens is 563 g/mol. The van der Waals surface area contributed by atoms with Gasteiger partial charge in [-0.2, -0.15) is 0 Å². The molecule has 1 aromatic rings. The van der Waals surface area contributed by atoms with E-state index in [2.05, 4.69) is 5.32 Å². The highest BCUT2D eigenvalue weighted by Gasteiger charge is 2.63. The molecule has 230 valence electrons. The Morgan fingerprint density at radius 1 is 1.09 bits per heavy atom. The Morgan fingerprint density at radius 2 is 1.74 bits per heavy atom. The first kappa shape index (κ1) is 29.3. The van der Waals surface area contributed by atoms with Crippen LogP contribution in [0.5, 0.6) is 5.75 Å². The van der Waals surface area contributed by atoms with Crippen molar-refractivity contribution in [2.24, 2.45) is 17.6 Å². The molecule has 2 amide bonds. The van der Waals surface area contributed by atoms with Crippen molar-refractivity contribution in [2.45, 2.75) is 69.3 Å². The van der Waals surface area contributed by atoms with Gasteiger partial charge in [-0.25, -0.2) is 4.39 Å². The highest BCUT2D eigenvalue weighted by molar-refractivity contribution is 6.24. The molecule has 5 aliphatic rings. The molecule has 0 bridgehead atoms. The monoisotopic (exact) mass is 598 g/mol. The zero-order valence-electron chi connectivity index (χ0n) is 23.9. The van der Waals surface area contributed by atoms with Crippen LogP contribution < -0.4 is 11.1 Å². The molecule has 6 rings (SSSR count). The van der Waals surface area contributed by atoms with Gasteiger partial charge < -0.3 is 36.4 Å². The number of aliphatic hydroxyl groups is 3. The van der Waals surface area contributed by atoms with Gasteiger partial charge in [0.1, 0.15) is 28.7 Å². The molecule has 1 aromatic carbocycles. The number of aromatic hydroxyl groups is 1. The van der Waals surface area contributed by atoms with E-state index in [0.717, 1.165) is 25.7 Å². The van der Waals surface area contributed by atoms with Crippen LogP contribution in [0.25, 0.3) is 0 Å². The molecule has 0 aromatic heterocycles. The Labute approximate surface area is 246 Å². The molecule has 7 N–H and O–H groups in total. The van der Waals surface area contributed by atoms with Crippen molar-refractivity contribution in [1.82, 2.24) is 15.1 Å². The Kier molecular flexibility index (Phi) is 6.90. The maximum atomic E-state index is 16.1. The van der Waals surface area contributed by atoms with Crippen LogP contribution in [0, 0.1) is 17.7 Å². The number of benzene rings is 1. The smallest absolute Gasteiger partial charge is 0.255 e. The molecule has 1 heterocycles. The van der Waals surface area contributed by atoms with Crippen LogP contribution in [0.3, 0.4) is 0 Å². The molecule has 1 fully saturated rings. The molecular formula is C30H35FN4O8. The molecule has 1 saturated carbocycles. The molecule has 4 atom stereocenters. The zero-order chi connectivity index (χ0) is 31.1. The van der Waals surface area contributed by atoms with Gasteiger partial charge in [0, 0.05) is 40.8 Å². The molecule has 12 nitrogen and oxygen atoms in total. The van der Waals surface area contributed by atoms with E-state index < -0.39 is 75.2 Å². The lowest BCUT2D eigenvalue weighted by molar-refractivity contribution is -0.148. The minimum atomic E-state index is -2.77. The van der Waals surface area contributed by atoms with E-state index in [-0.39, 0.29) is 66.7 Å². The Bertz CT molecular complexity index is 1540. The van der Waals surface area contributed by atoms with Crippen molar-refractivity contribution in [3.63, 3.8) is 0 Å². The molecule has 0 spiro atoms. The van der Waals surface area contributed by atoms with Crippen molar-refractivity contribution >= 4 is 23.4 Å². The number of primary amides is 1. The number of carbonyl (C=O) groups is 4. The number of hydrogen-bond donors (Lipinski definition) is 6. The summed E-state index contributed by atoms with van der Waals surface area (Å²) in [6.45, 7) is -0.120. The van der Waals surface area contributed by atoms with Gasteiger partial charge in [0.15, 0.2) is 11.4 Å². The second-order valence-electron chi connectivity index (χ2n) is 12.5. The van der Waals surface area contributed by atoms with Crippen LogP contribution in [0.2, 0.25) is 0 Å². The summed E-state index contributed by atoms with van der Waals surface area (Å²) in [6, 6.07) is -0.886. The number of phenolic OH excluding ortho intramolecular Hbond substituents is 1. The fourth-order valence-corrected chi connectivity index (χ4v) is 7.87. The summed E-state index contributed by atoms with van der Waals surface area (Å²) >= 11 is 0. The fraction of sp³-hybridized carbons (Fsp3) is 0.533. The summed E-state index contributed by atoms with van der Waals surface area (Å²) in [6.07, 6.45) is 3.87. The van der Waals surface area contributed by atoms with Crippen LogP contribution in [-0.2, 0) is 33.9 Å². The molecule has 0 radical (unpaired) electrons. The van der Waals surface area contributed by atoms with Crippen molar-refractivity contribution in [2.75, 3.05) is 20.6 Å². The second-order valence-corrected chi connectivity index (χ2v) is 12.5. The van der Waals surface area contributed by atoms with Crippen LogP contribution in [0.15, 0.2) is 22.7 Å². The topological polar surface area (TPSA) is 194 Å². The van der Waals surface area contributed by atoms with E-state index in [9.17, 15) is 39.6 Å². The fourth-order valence-electron chi connectivity index (χ4n) is 7.87. The summed E-state index contributed by atoms with van der Waals surface area (Å²) in [5, 5.41) is 48.5. The maximum absolute atomic E-state index is 16.1. The third-order valence-electron chi connectivity index (χ3n) is 9.98. The van der Waals surface area contributed by atoms with Gasteiger partial charge in [-0.15, -0.1) is 0 Å². The number of hydrogen-bond acceptors (Lipinski definition) is 10. The molecule has 0 saturated heterocycles. The average Bonchev–Trinajstić information content (AvgIpc) is 3.63. The lowest BCUT2D eigenvalue weighted by Gasteiger charge is -2.50. The Balaban J connectivity index is 1.38. The minimum Gasteiger partial charge on any atom is -0.510 e. The second kappa shape index (κ2) is 10.1. The predicted molar refractivity (Wildman–Crippen MR) is 148 cm³/mol. The van der Waals surface area contributed by atoms with Crippen molar-refractivity contribution < 1.29 is 44.0 Å². The van der Waals surface area contributed by atoms with Crippen molar-refractivity contribution in [3.05, 3.63) is 50.7 Å². The minimum absolute atomic E-state index is 0.0672. The molecule has 43 heavy (non-hydrogen) atoms.